The molecule has 0 spiro atoms. The number of rotatable bonds is 9. The minimum absolute atomic E-state index is 0.208. The van der Waals surface area contributed by atoms with Gasteiger partial charge in [0.05, 0.1) is 0 Å². The first kappa shape index (κ1) is 20.4. The second-order valence-corrected chi connectivity index (χ2v) is 6.10. The van der Waals surface area contributed by atoms with Crippen LogP contribution >= 0.6 is 0 Å². The molecule has 144 valence electrons. The third-order valence-electron chi connectivity index (χ3n) is 4.29. The molecule has 6 heteroatoms. The van der Waals surface area contributed by atoms with Gasteiger partial charge in [0.15, 0.2) is 6.61 Å². The summed E-state index contributed by atoms with van der Waals surface area (Å²) in [5.41, 5.74) is 1.08. The van der Waals surface area contributed by atoms with Crippen molar-refractivity contribution in [2.24, 2.45) is 0 Å². The fraction of sp³-hybridized carbons (Fsp3) is 0.333. The fourth-order valence-electron chi connectivity index (χ4n) is 2.82. The Bertz CT molecular complexity index is 735. The number of likely N-dealkylation sites (N-methyl/N-ethyl adjacent to an activating group) is 1. The summed E-state index contributed by atoms with van der Waals surface area (Å²) in [6.07, 6.45) is 1.13. The number of hydrogen-bond acceptors (Lipinski definition) is 3. The van der Waals surface area contributed by atoms with E-state index in [1.807, 2.05) is 37.3 Å². The Morgan fingerprint density at radius 2 is 1.78 bits per heavy atom. The van der Waals surface area contributed by atoms with Crippen LogP contribution in [0.3, 0.4) is 0 Å². The van der Waals surface area contributed by atoms with Crippen molar-refractivity contribution in [2.45, 2.75) is 25.8 Å². The molecular weight excluding hydrogens is 347 g/mol. The quantitative estimate of drug-likeness (QED) is 0.736. The molecule has 0 saturated carbocycles. The number of nitrogens with one attached hydrogen (secondary N) is 1. The van der Waals surface area contributed by atoms with E-state index < -0.39 is 6.04 Å². The summed E-state index contributed by atoms with van der Waals surface area (Å²) in [5, 5.41) is 2.61. The molecule has 2 aromatic rings. The average molecular weight is 372 g/mol. The highest BCUT2D eigenvalue weighted by atomic mass is 19.1. The lowest BCUT2D eigenvalue weighted by molar-refractivity contribution is -0.142. The average Bonchev–Trinajstić information content (AvgIpc) is 2.70. The van der Waals surface area contributed by atoms with E-state index in [0.717, 1.165) is 5.56 Å². The van der Waals surface area contributed by atoms with Crippen LogP contribution in [0.25, 0.3) is 0 Å². The molecular formula is C21H25FN2O3. The Morgan fingerprint density at radius 1 is 1.11 bits per heavy atom. The first-order valence-electron chi connectivity index (χ1n) is 8.98. The second-order valence-electron chi connectivity index (χ2n) is 6.10. The van der Waals surface area contributed by atoms with Gasteiger partial charge in [0.2, 0.25) is 5.91 Å². The predicted molar refractivity (Wildman–Crippen MR) is 102 cm³/mol. The van der Waals surface area contributed by atoms with Crippen LogP contribution in [0.5, 0.6) is 5.75 Å². The smallest absolute Gasteiger partial charge is 0.261 e. The Balaban J connectivity index is 2.07. The van der Waals surface area contributed by atoms with Crippen LogP contribution in [-0.4, -0.2) is 43.0 Å². The Morgan fingerprint density at radius 3 is 2.37 bits per heavy atom. The van der Waals surface area contributed by atoms with E-state index >= 15 is 0 Å². The lowest BCUT2D eigenvalue weighted by Gasteiger charge is -2.30. The minimum Gasteiger partial charge on any atom is -0.484 e. The number of carbonyl (C=O) groups is 2. The molecule has 1 atom stereocenters. The first-order valence-corrected chi connectivity index (χ1v) is 8.98. The maximum atomic E-state index is 13.0. The highest BCUT2D eigenvalue weighted by Gasteiger charge is 2.27. The molecule has 27 heavy (non-hydrogen) atoms. The molecule has 0 radical (unpaired) electrons. The second kappa shape index (κ2) is 10.3. The topological polar surface area (TPSA) is 58.6 Å². The van der Waals surface area contributed by atoms with Gasteiger partial charge in [0.1, 0.15) is 17.6 Å². The van der Waals surface area contributed by atoms with Crippen molar-refractivity contribution >= 4 is 11.8 Å². The standard InChI is InChI=1S/C21H25FN2O3/c1-3-19(21(26)23-2)24(14-13-16-7-5-4-6-8-16)20(25)15-27-18-11-9-17(22)10-12-18/h4-12,19H,3,13-15H2,1-2H3,(H,23,26). The summed E-state index contributed by atoms with van der Waals surface area (Å²) in [7, 11) is 1.56. The van der Waals surface area contributed by atoms with Crippen molar-refractivity contribution in [3.63, 3.8) is 0 Å². The number of nitrogens with zero attached hydrogens (tertiary/aromatic N) is 1. The molecule has 0 aliphatic heterocycles. The molecule has 1 unspecified atom stereocenters. The van der Waals surface area contributed by atoms with Gasteiger partial charge in [-0.2, -0.15) is 0 Å². The van der Waals surface area contributed by atoms with Crippen LogP contribution in [0.2, 0.25) is 0 Å². The molecule has 0 heterocycles. The molecule has 0 aliphatic carbocycles. The molecule has 0 aliphatic rings. The highest BCUT2D eigenvalue weighted by Crippen LogP contribution is 2.13. The van der Waals surface area contributed by atoms with E-state index in [1.54, 1.807) is 11.9 Å². The summed E-state index contributed by atoms with van der Waals surface area (Å²) in [4.78, 5) is 26.5. The molecule has 2 aromatic carbocycles. The van der Waals surface area contributed by atoms with Gasteiger partial charge in [-0.05, 0) is 42.7 Å². The normalized spacial score (nSPS) is 11.5. The van der Waals surface area contributed by atoms with Crippen molar-refractivity contribution < 1.29 is 18.7 Å². The van der Waals surface area contributed by atoms with Gasteiger partial charge in [-0.3, -0.25) is 9.59 Å². The third-order valence-corrected chi connectivity index (χ3v) is 4.29. The number of benzene rings is 2. The molecule has 1 N–H and O–H groups in total. The number of halogens is 1. The van der Waals surface area contributed by atoms with Crippen LogP contribution in [0, 0.1) is 5.82 Å². The van der Waals surface area contributed by atoms with E-state index in [9.17, 15) is 14.0 Å². The van der Waals surface area contributed by atoms with Crippen molar-refractivity contribution in [3.05, 3.63) is 66.0 Å². The zero-order valence-electron chi connectivity index (χ0n) is 15.7. The van der Waals surface area contributed by atoms with Crippen LogP contribution in [0.1, 0.15) is 18.9 Å². The van der Waals surface area contributed by atoms with E-state index in [1.165, 1.54) is 24.3 Å². The van der Waals surface area contributed by atoms with Gasteiger partial charge < -0.3 is 15.0 Å². The highest BCUT2D eigenvalue weighted by molar-refractivity contribution is 5.88. The minimum atomic E-state index is -0.567. The molecule has 5 nitrogen and oxygen atoms in total. The van der Waals surface area contributed by atoms with Gasteiger partial charge in [0.25, 0.3) is 5.91 Å². The summed E-state index contributed by atoms with van der Waals surface area (Å²) < 4.78 is 18.5. The Labute approximate surface area is 159 Å². The van der Waals surface area contributed by atoms with Gasteiger partial charge >= 0.3 is 0 Å². The monoisotopic (exact) mass is 372 g/mol. The number of carbonyl (C=O) groups excluding carboxylic acids is 2. The summed E-state index contributed by atoms with van der Waals surface area (Å²) in [6.45, 7) is 2.05. The predicted octanol–water partition coefficient (Wildman–Crippen LogP) is 2.80. The van der Waals surface area contributed by atoms with Crippen LogP contribution < -0.4 is 10.1 Å². The number of ether oxygens (including phenoxy) is 1. The maximum absolute atomic E-state index is 13.0. The van der Waals surface area contributed by atoms with Gasteiger partial charge in [-0.1, -0.05) is 37.3 Å². The first-order chi connectivity index (χ1) is 13.0. The van der Waals surface area contributed by atoms with Gasteiger partial charge in [-0.25, -0.2) is 4.39 Å². The molecule has 2 rings (SSSR count). The lowest BCUT2D eigenvalue weighted by atomic mass is 10.1. The lowest BCUT2D eigenvalue weighted by Crippen LogP contribution is -2.50. The zero-order chi connectivity index (χ0) is 19.6. The number of amides is 2. The van der Waals surface area contributed by atoms with E-state index in [-0.39, 0.29) is 24.2 Å². The molecule has 0 bridgehead atoms. The van der Waals surface area contributed by atoms with Gasteiger partial charge in [-0.15, -0.1) is 0 Å². The van der Waals surface area contributed by atoms with Crippen LogP contribution in [0.4, 0.5) is 4.39 Å². The zero-order valence-corrected chi connectivity index (χ0v) is 15.7. The van der Waals surface area contributed by atoms with Crippen molar-refractivity contribution in [1.82, 2.24) is 10.2 Å². The Hall–Kier alpha value is -2.89. The summed E-state index contributed by atoms with van der Waals surface area (Å²) >= 11 is 0. The van der Waals surface area contributed by atoms with Crippen molar-refractivity contribution in [2.75, 3.05) is 20.2 Å². The van der Waals surface area contributed by atoms with Crippen molar-refractivity contribution in [1.29, 1.82) is 0 Å². The molecule has 0 aromatic heterocycles. The number of hydrogen-bond donors (Lipinski definition) is 1. The van der Waals surface area contributed by atoms with Crippen LogP contribution in [0.15, 0.2) is 54.6 Å². The van der Waals surface area contributed by atoms with Crippen molar-refractivity contribution in [3.8, 4) is 5.75 Å². The van der Waals surface area contributed by atoms with Crippen LogP contribution in [-0.2, 0) is 16.0 Å². The largest absolute Gasteiger partial charge is 0.484 e. The molecule has 0 fully saturated rings. The van der Waals surface area contributed by atoms with Gasteiger partial charge in [0, 0.05) is 13.6 Å². The maximum Gasteiger partial charge on any atom is 0.261 e. The van der Waals surface area contributed by atoms with E-state index in [2.05, 4.69) is 5.32 Å². The molecule has 2 amide bonds. The van der Waals surface area contributed by atoms with E-state index in [0.29, 0.717) is 25.1 Å². The third kappa shape index (κ3) is 6.09. The summed E-state index contributed by atoms with van der Waals surface area (Å²) in [6, 6.07) is 14.7. The molecule has 0 saturated heterocycles. The SMILES string of the molecule is CCC(C(=O)NC)N(CCc1ccccc1)C(=O)COc1ccc(F)cc1. The fourth-order valence-corrected chi connectivity index (χ4v) is 2.82. The van der Waals surface area contributed by atoms with E-state index in [4.69, 9.17) is 4.74 Å². The summed E-state index contributed by atoms with van der Waals surface area (Å²) in [5.74, 6) is -0.462. The Kier molecular flexibility index (Phi) is 7.79.